The van der Waals surface area contributed by atoms with Crippen molar-refractivity contribution < 1.29 is 14.5 Å². The number of carbonyl (C=O) groups is 2. The molecule has 0 spiro atoms. The first-order valence-corrected chi connectivity index (χ1v) is 4.52. The van der Waals surface area contributed by atoms with E-state index in [2.05, 4.69) is 5.32 Å². The smallest absolute Gasteiger partial charge is 0.293 e. The average Bonchev–Trinajstić information content (AvgIpc) is 2.25. The summed E-state index contributed by atoms with van der Waals surface area (Å²) in [6, 6.07) is 3.64. The third-order valence-corrected chi connectivity index (χ3v) is 1.93. The van der Waals surface area contributed by atoms with Gasteiger partial charge in [0.25, 0.3) is 5.69 Å². The number of primary amides is 2. The molecule has 0 aliphatic carbocycles. The number of nitrogens with one attached hydrogen (secondary N) is 1. The number of anilines is 1. The monoisotopic (exact) mass is 238 g/mol. The fourth-order valence-electron chi connectivity index (χ4n) is 1.17. The van der Waals surface area contributed by atoms with Crippen LogP contribution >= 0.6 is 0 Å². The van der Waals surface area contributed by atoms with Crippen LogP contribution in [0.4, 0.5) is 11.4 Å². The van der Waals surface area contributed by atoms with Crippen LogP contribution in [0.3, 0.4) is 0 Å². The highest BCUT2D eigenvalue weighted by Gasteiger charge is 2.16. The summed E-state index contributed by atoms with van der Waals surface area (Å²) in [7, 11) is 0. The second kappa shape index (κ2) is 4.92. The van der Waals surface area contributed by atoms with Crippen LogP contribution in [0.15, 0.2) is 18.2 Å². The lowest BCUT2D eigenvalue weighted by Crippen LogP contribution is -2.22. The molecule has 1 rings (SSSR count). The van der Waals surface area contributed by atoms with Crippen LogP contribution < -0.4 is 16.8 Å². The van der Waals surface area contributed by atoms with Gasteiger partial charge in [0.1, 0.15) is 5.69 Å². The Balaban J connectivity index is 3.08. The van der Waals surface area contributed by atoms with Gasteiger partial charge in [0, 0.05) is 11.6 Å². The van der Waals surface area contributed by atoms with E-state index in [-0.39, 0.29) is 23.5 Å². The molecule has 90 valence electrons. The lowest BCUT2D eigenvalue weighted by Gasteiger charge is -2.05. The molecule has 0 saturated carbocycles. The van der Waals surface area contributed by atoms with E-state index < -0.39 is 16.7 Å². The van der Waals surface area contributed by atoms with Gasteiger partial charge in [-0.2, -0.15) is 0 Å². The molecule has 0 heterocycles. The summed E-state index contributed by atoms with van der Waals surface area (Å²) in [5, 5.41) is 13.2. The highest BCUT2D eigenvalue weighted by molar-refractivity contribution is 5.94. The predicted molar refractivity (Wildman–Crippen MR) is 59.3 cm³/mol. The van der Waals surface area contributed by atoms with Crippen LogP contribution in [0.5, 0.6) is 0 Å². The summed E-state index contributed by atoms with van der Waals surface area (Å²) in [6.07, 6.45) is 0. The largest absolute Gasteiger partial charge is 0.371 e. The first kappa shape index (κ1) is 12.4. The molecule has 0 fully saturated rings. The zero-order valence-electron chi connectivity index (χ0n) is 8.67. The van der Waals surface area contributed by atoms with Gasteiger partial charge in [0.2, 0.25) is 11.8 Å². The minimum Gasteiger partial charge on any atom is -0.371 e. The Morgan fingerprint density at radius 2 is 2.00 bits per heavy atom. The van der Waals surface area contributed by atoms with E-state index in [1.165, 1.54) is 12.1 Å². The Morgan fingerprint density at radius 3 is 2.47 bits per heavy atom. The average molecular weight is 238 g/mol. The summed E-state index contributed by atoms with van der Waals surface area (Å²) in [4.78, 5) is 31.5. The second-order valence-electron chi connectivity index (χ2n) is 3.17. The molecular formula is C9H10N4O4. The number of hydrogen-bond donors (Lipinski definition) is 3. The van der Waals surface area contributed by atoms with Crippen LogP contribution in [0.25, 0.3) is 0 Å². The molecule has 0 saturated heterocycles. The summed E-state index contributed by atoms with van der Waals surface area (Å²) in [6.45, 7) is -0.239. The minimum atomic E-state index is -0.769. The summed E-state index contributed by atoms with van der Waals surface area (Å²) in [5.74, 6) is -1.42. The van der Waals surface area contributed by atoms with Gasteiger partial charge in [0.05, 0.1) is 11.5 Å². The summed E-state index contributed by atoms with van der Waals surface area (Å²) in [5.41, 5.74) is 9.66. The first-order valence-electron chi connectivity index (χ1n) is 4.52. The number of amides is 2. The van der Waals surface area contributed by atoms with Gasteiger partial charge in [-0.1, -0.05) is 0 Å². The molecule has 1 aromatic carbocycles. The third kappa shape index (κ3) is 3.16. The standard InChI is InChI=1S/C9H10N4O4/c10-8(14)4-12-6-2-1-5(9(11)15)3-7(6)13(16)17/h1-3,12H,4H2,(H2,10,14)(H2,11,15). The molecule has 2 amide bonds. The highest BCUT2D eigenvalue weighted by atomic mass is 16.6. The van der Waals surface area contributed by atoms with Crippen LogP contribution in [-0.2, 0) is 4.79 Å². The third-order valence-electron chi connectivity index (χ3n) is 1.93. The van der Waals surface area contributed by atoms with Gasteiger partial charge in [-0.25, -0.2) is 0 Å². The van der Waals surface area contributed by atoms with Crippen LogP contribution in [0.1, 0.15) is 10.4 Å². The zero-order chi connectivity index (χ0) is 13.0. The lowest BCUT2D eigenvalue weighted by molar-refractivity contribution is -0.384. The van der Waals surface area contributed by atoms with Gasteiger partial charge in [-0.05, 0) is 12.1 Å². The van der Waals surface area contributed by atoms with Gasteiger partial charge in [0.15, 0.2) is 0 Å². The fourth-order valence-corrected chi connectivity index (χ4v) is 1.17. The van der Waals surface area contributed by atoms with Gasteiger partial charge in [-0.3, -0.25) is 19.7 Å². The van der Waals surface area contributed by atoms with Gasteiger partial charge < -0.3 is 16.8 Å². The van der Waals surface area contributed by atoms with Crippen LogP contribution in [-0.4, -0.2) is 23.3 Å². The molecule has 0 radical (unpaired) electrons. The van der Waals surface area contributed by atoms with E-state index in [1.54, 1.807) is 0 Å². The van der Waals surface area contributed by atoms with E-state index in [9.17, 15) is 19.7 Å². The highest BCUT2D eigenvalue weighted by Crippen LogP contribution is 2.25. The number of nitrogens with zero attached hydrogens (tertiary/aromatic N) is 1. The molecule has 0 bridgehead atoms. The molecule has 0 aliphatic heterocycles. The van der Waals surface area contributed by atoms with E-state index >= 15 is 0 Å². The number of carbonyl (C=O) groups excluding carboxylic acids is 2. The van der Waals surface area contributed by atoms with E-state index in [1.807, 2.05) is 0 Å². The topological polar surface area (TPSA) is 141 Å². The fraction of sp³-hybridized carbons (Fsp3) is 0.111. The molecule has 17 heavy (non-hydrogen) atoms. The maximum Gasteiger partial charge on any atom is 0.293 e. The van der Waals surface area contributed by atoms with E-state index in [0.717, 1.165) is 6.07 Å². The Hall–Kier alpha value is -2.64. The van der Waals surface area contributed by atoms with Crippen molar-refractivity contribution in [3.63, 3.8) is 0 Å². The number of rotatable bonds is 5. The van der Waals surface area contributed by atoms with Crippen LogP contribution in [0, 0.1) is 10.1 Å². The SMILES string of the molecule is NC(=O)CNc1ccc(C(N)=O)cc1[N+](=O)[O-]. The molecule has 0 unspecified atom stereocenters. The minimum absolute atomic E-state index is 0.0151. The van der Waals surface area contributed by atoms with Crippen molar-refractivity contribution in [1.82, 2.24) is 0 Å². The number of benzene rings is 1. The van der Waals surface area contributed by atoms with E-state index in [4.69, 9.17) is 11.5 Å². The maximum atomic E-state index is 10.9. The van der Waals surface area contributed by atoms with Crippen molar-refractivity contribution >= 4 is 23.2 Å². The van der Waals surface area contributed by atoms with Gasteiger partial charge >= 0.3 is 0 Å². The Bertz CT molecular complexity index is 486. The van der Waals surface area contributed by atoms with Crippen molar-refractivity contribution in [2.24, 2.45) is 11.5 Å². The summed E-state index contributed by atoms with van der Waals surface area (Å²) >= 11 is 0. The molecule has 0 aromatic heterocycles. The first-order chi connectivity index (χ1) is 7.91. The Morgan fingerprint density at radius 1 is 1.35 bits per heavy atom. The molecule has 5 N–H and O–H groups in total. The molecular weight excluding hydrogens is 228 g/mol. The molecule has 8 nitrogen and oxygen atoms in total. The number of nitrogens with two attached hydrogens (primary N) is 2. The normalized spacial score (nSPS) is 9.65. The quantitative estimate of drug-likeness (QED) is 0.472. The number of nitro benzene ring substituents is 1. The molecule has 8 heteroatoms. The van der Waals surface area contributed by atoms with Crippen molar-refractivity contribution in [3.8, 4) is 0 Å². The van der Waals surface area contributed by atoms with Crippen molar-refractivity contribution in [2.45, 2.75) is 0 Å². The van der Waals surface area contributed by atoms with E-state index in [0.29, 0.717) is 0 Å². The molecule has 0 atom stereocenters. The molecule has 0 aliphatic rings. The van der Waals surface area contributed by atoms with Crippen molar-refractivity contribution in [1.29, 1.82) is 0 Å². The molecule has 1 aromatic rings. The second-order valence-corrected chi connectivity index (χ2v) is 3.17. The Kier molecular flexibility index (Phi) is 3.60. The predicted octanol–water partition coefficient (Wildman–Crippen LogP) is -0.409. The van der Waals surface area contributed by atoms with Crippen molar-refractivity contribution in [3.05, 3.63) is 33.9 Å². The Labute approximate surface area is 95.7 Å². The summed E-state index contributed by atoms with van der Waals surface area (Å²) < 4.78 is 0. The maximum absolute atomic E-state index is 10.9. The number of nitro groups is 1. The zero-order valence-corrected chi connectivity index (χ0v) is 8.67. The lowest BCUT2D eigenvalue weighted by atomic mass is 10.1. The van der Waals surface area contributed by atoms with Crippen molar-refractivity contribution in [2.75, 3.05) is 11.9 Å². The number of hydrogen-bond acceptors (Lipinski definition) is 5. The van der Waals surface area contributed by atoms with Crippen LogP contribution in [0.2, 0.25) is 0 Å². The van der Waals surface area contributed by atoms with Gasteiger partial charge in [-0.15, -0.1) is 0 Å².